The van der Waals surface area contributed by atoms with Crippen LogP contribution in [0.5, 0.6) is 17.2 Å². The maximum absolute atomic E-state index is 8.58. The highest BCUT2D eigenvalue weighted by Crippen LogP contribution is 2.33. The molecule has 0 spiro atoms. The molecular formula is C11H12O4. The van der Waals surface area contributed by atoms with Crippen LogP contribution in [0, 0.1) is 12.0 Å². The van der Waals surface area contributed by atoms with Gasteiger partial charge in [-0.05, 0) is 5.92 Å². The second-order valence-corrected chi connectivity index (χ2v) is 2.64. The minimum absolute atomic E-state index is 0.489. The minimum Gasteiger partial charge on any atom is -0.496 e. The van der Waals surface area contributed by atoms with E-state index < -0.39 is 0 Å². The first kappa shape index (κ1) is 11.1. The number of hydrogen-bond donors (Lipinski definition) is 1. The lowest BCUT2D eigenvalue weighted by Gasteiger charge is -2.10. The fourth-order valence-electron chi connectivity index (χ4n) is 1.18. The van der Waals surface area contributed by atoms with E-state index in [4.69, 9.17) is 19.3 Å². The Kier molecular flexibility index (Phi) is 3.69. The first-order valence-corrected chi connectivity index (χ1v) is 4.22. The van der Waals surface area contributed by atoms with Gasteiger partial charge in [-0.3, -0.25) is 0 Å². The van der Waals surface area contributed by atoms with E-state index in [0.717, 1.165) is 0 Å². The van der Waals surface area contributed by atoms with Gasteiger partial charge < -0.3 is 19.3 Å². The third kappa shape index (κ3) is 2.26. The summed E-state index contributed by atoms with van der Waals surface area (Å²) >= 11 is 0. The second kappa shape index (κ2) is 5.01. The highest BCUT2D eigenvalue weighted by Gasteiger charge is 2.10. The molecule has 4 heteroatoms. The molecule has 1 aromatic carbocycles. The molecule has 0 aliphatic heterocycles. The van der Waals surface area contributed by atoms with Crippen molar-refractivity contribution in [1.29, 1.82) is 0 Å². The molecule has 1 rings (SSSR count). The monoisotopic (exact) mass is 208 g/mol. The van der Waals surface area contributed by atoms with Gasteiger partial charge in [-0.25, -0.2) is 0 Å². The van der Waals surface area contributed by atoms with Crippen molar-refractivity contribution in [3.8, 4) is 29.3 Å². The Balaban J connectivity index is 3.36. The van der Waals surface area contributed by atoms with Crippen molar-refractivity contribution in [3.05, 3.63) is 17.7 Å². The van der Waals surface area contributed by atoms with Gasteiger partial charge in [0.05, 0.1) is 21.3 Å². The molecule has 1 N–H and O–H groups in total. The number of rotatable bonds is 3. The zero-order valence-corrected chi connectivity index (χ0v) is 8.83. The number of ether oxygens (including phenoxy) is 3. The summed E-state index contributed by atoms with van der Waals surface area (Å²) in [6.07, 6.45) is 1.82. The van der Waals surface area contributed by atoms with Crippen molar-refractivity contribution in [2.45, 2.75) is 0 Å². The molecular weight excluding hydrogens is 196 g/mol. The van der Waals surface area contributed by atoms with Crippen LogP contribution in [0.25, 0.3) is 0 Å². The maximum atomic E-state index is 8.58. The maximum Gasteiger partial charge on any atom is 0.142 e. The molecule has 15 heavy (non-hydrogen) atoms. The second-order valence-electron chi connectivity index (χ2n) is 2.64. The number of hydrogen-bond acceptors (Lipinski definition) is 4. The molecule has 0 fully saturated rings. The lowest BCUT2D eigenvalue weighted by atomic mass is 10.1. The van der Waals surface area contributed by atoms with E-state index >= 15 is 0 Å². The summed E-state index contributed by atoms with van der Waals surface area (Å²) in [7, 11) is 4.57. The summed E-state index contributed by atoms with van der Waals surface area (Å²) in [5.74, 6) is 4.09. The van der Waals surface area contributed by atoms with Crippen LogP contribution in [-0.4, -0.2) is 26.4 Å². The van der Waals surface area contributed by atoms with Crippen LogP contribution in [0.2, 0.25) is 0 Å². The number of methoxy groups -OCH3 is 3. The van der Waals surface area contributed by atoms with E-state index in [9.17, 15) is 0 Å². The fraction of sp³-hybridized carbons (Fsp3) is 0.273. The Labute approximate surface area is 88.4 Å². The van der Waals surface area contributed by atoms with Crippen LogP contribution in [-0.2, 0) is 0 Å². The van der Waals surface area contributed by atoms with Crippen LogP contribution in [0.15, 0.2) is 12.1 Å². The van der Waals surface area contributed by atoms with Gasteiger partial charge in [-0.15, -0.1) is 0 Å². The number of benzene rings is 1. The first-order valence-electron chi connectivity index (χ1n) is 4.22. The third-order valence-corrected chi connectivity index (χ3v) is 1.90. The Morgan fingerprint density at radius 1 is 1.00 bits per heavy atom. The summed E-state index contributed by atoms with van der Waals surface area (Å²) in [5.41, 5.74) is 0.489. The summed E-state index contributed by atoms with van der Waals surface area (Å²) in [4.78, 5) is 0. The third-order valence-electron chi connectivity index (χ3n) is 1.90. The molecule has 1 aromatic rings. The Morgan fingerprint density at radius 2 is 1.53 bits per heavy atom. The SMILES string of the molecule is COc1cc(OC)c(C#CO)c(OC)c1. The Hall–Kier alpha value is -2.02. The minimum atomic E-state index is 0.489. The molecule has 0 atom stereocenters. The van der Waals surface area contributed by atoms with Gasteiger partial charge in [0, 0.05) is 12.1 Å². The quantitative estimate of drug-likeness (QED) is 0.762. The van der Waals surface area contributed by atoms with Gasteiger partial charge in [0.1, 0.15) is 28.9 Å². The van der Waals surface area contributed by atoms with Gasteiger partial charge >= 0.3 is 0 Å². The largest absolute Gasteiger partial charge is 0.496 e. The molecule has 0 saturated carbocycles. The summed E-state index contributed by atoms with van der Waals surface area (Å²) in [6.45, 7) is 0. The Bertz CT molecular complexity index is 376. The van der Waals surface area contributed by atoms with Crippen molar-refractivity contribution in [1.82, 2.24) is 0 Å². The fourth-order valence-corrected chi connectivity index (χ4v) is 1.18. The van der Waals surface area contributed by atoms with Crippen molar-refractivity contribution < 1.29 is 19.3 Å². The van der Waals surface area contributed by atoms with E-state index in [2.05, 4.69) is 5.92 Å². The highest BCUT2D eigenvalue weighted by atomic mass is 16.5. The highest BCUT2D eigenvalue weighted by molar-refractivity contribution is 5.58. The van der Waals surface area contributed by atoms with Crippen LogP contribution >= 0.6 is 0 Å². The van der Waals surface area contributed by atoms with E-state index in [1.807, 2.05) is 6.11 Å². The lowest BCUT2D eigenvalue weighted by Crippen LogP contribution is -1.95. The summed E-state index contributed by atoms with van der Waals surface area (Å²) in [5, 5.41) is 8.58. The van der Waals surface area contributed by atoms with Crippen molar-refractivity contribution in [3.63, 3.8) is 0 Å². The van der Waals surface area contributed by atoms with E-state index in [1.165, 1.54) is 14.2 Å². The normalized spacial score (nSPS) is 8.73. The predicted octanol–water partition coefficient (Wildman–Crippen LogP) is 1.39. The van der Waals surface area contributed by atoms with E-state index in [1.54, 1.807) is 19.2 Å². The van der Waals surface area contributed by atoms with Crippen LogP contribution < -0.4 is 14.2 Å². The molecule has 4 nitrogen and oxygen atoms in total. The molecule has 0 aliphatic carbocycles. The van der Waals surface area contributed by atoms with E-state index in [-0.39, 0.29) is 0 Å². The smallest absolute Gasteiger partial charge is 0.142 e. The summed E-state index contributed by atoms with van der Waals surface area (Å²) in [6, 6.07) is 3.34. The van der Waals surface area contributed by atoms with Gasteiger partial charge in [0.25, 0.3) is 0 Å². The lowest BCUT2D eigenvalue weighted by molar-refractivity contribution is 0.373. The molecule has 0 saturated heterocycles. The average molecular weight is 208 g/mol. The first-order chi connectivity index (χ1) is 7.26. The molecule has 0 radical (unpaired) electrons. The van der Waals surface area contributed by atoms with Crippen molar-refractivity contribution >= 4 is 0 Å². The molecule has 80 valence electrons. The molecule has 0 aromatic heterocycles. The molecule has 0 bridgehead atoms. The predicted molar refractivity (Wildman–Crippen MR) is 54.9 cm³/mol. The molecule has 0 aliphatic rings. The standard InChI is InChI=1S/C11H12O4/c1-13-8-6-10(14-2)9(4-5-12)11(7-8)15-3/h6-7,12H,1-3H3. The van der Waals surface area contributed by atoms with Crippen LogP contribution in [0.4, 0.5) is 0 Å². The zero-order chi connectivity index (χ0) is 11.3. The van der Waals surface area contributed by atoms with Crippen molar-refractivity contribution in [2.75, 3.05) is 21.3 Å². The van der Waals surface area contributed by atoms with Crippen LogP contribution in [0.1, 0.15) is 5.56 Å². The number of aliphatic hydroxyl groups excluding tert-OH is 1. The molecule has 0 amide bonds. The number of aliphatic hydroxyl groups is 1. The van der Waals surface area contributed by atoms with Crippen molar-refractivity contribution in [2.24, 2.45) is 0 Å². The topological polar surface area (TPSA) is 47.9 Å². The van der Waals surface area contributed by atoms with Crippen LogP contribution in [0.3, 0.4) is 0 Å². The van der Waals surface area contributed by atoms with Gasteiger partial charge in [-0.2, -0.15) is 0 Å². The average Bonchev–Trinajstić information content (AvgIpc) is 2.29. The molecule has 0 unspecified atom stereocenters. The summed E-state index contributed by atoms with van der Waals surface area (Å²) < 4.78 is 15.3. The molecule has 0 heterocycles. The van der Waals surface area contributed by atoms with E-state index in [0.29, 0.717) is 22.8 Å². The van der Waals surface area contributed by atoms with Gasteiger partial charge in [0.15, 0.2) is 0 Å². The Morgan fingerprint density at radius 3 is 1.87 bits per heavy atom. The van der Waals surface area contributed by atoms with Gasteiger partial charge in [0.2, 0.25) is 0 Å². The zero-order valence-electron chi connectivity index (χ0n) is 8.83. The van der Waals surface area contributed by atoms with Gasteiger partial charge in [-0.1, -0.05) is 0 Å².